The lowest BCUT2D eigenvalue weighted by Gasteiger charge is -2.32. The van der Waals surface area contributed by atoms with Gasteiger partial charge in [-0.1, -0.05) is 12.1 Å². The smallest absolute Gasteiger partial charge is 0.257 e. The molecule has 3 N–H and O–H groups in total. The number of thioether (sulfide) groups is 2. The van der Waals surface area contributed by atoms with E-state index in [1.807, 2.05) is 42.8 Å². The van der Waals surface area contributed by atoms with Crippen molar-refractivity contribution in [3.63, 3.8) is 0 Å². The summed E-state index contributed by atoms with van der Waals surface area (Å²) in [6.45, 7) is 2.37. The molecule has 13 nitrogen and oxygen atoms in total. The topological polar surface area (TPSA) is 169 Å². The van der Waals surface area contributed by atoms with Crippen molar-refractivity contribution in [2.45, 2.75) is 47.6 Å². The van der Waals surface area contributed by atoms with Crippen molar-refractivity contribution in [2.24, 2.45) is 0 Å². The molecule has 4 aromatic rings. The molecule has 2 aromatic heterocycles. The van der Waals surface area contributed by atoms with Gasteiger partial charge in [0, 0.05) is 41.2 Å². The number of carbonyl (C=O) groups excluding carboxylic acids is 3. The molecule has 0 aliphatic carbocycles. The van der Waals surface area contributed by atoms with E-state index in [1.165, 1.54) is 16.7 Å². The molecule has 0 atom stereocenters. The Morgan fingerprint density at radius 2 is 1.23 bits per heavy atom. The highest BCUT2D eigenvalue weighted by molar-refractivity contribution is 7.98. The van der Waals surface area contributed by atoms with Crippen molar-refractivity contribution in [1.82, 2.24) is 30.8 Å². The molecule has 18 heteroatoms. The van der Waals surface area contributed by atoms with Crippen LogP contribution < -0.4 is 25.4 Å². The Kier molecular flexibility index (Phi) is 15.7. The van der Waals surface area contributed by atoms with E-state index in [2.05, 4.69) is 25.9 Å². The fourth-order valence-corrected chi connectivity index (χ4v) is 7.50. The van der Waals surface area contributed by atoms with Gasteiger partial charge in [-0.3, -0.25) is 14.4 Å². The van der Waals surface area contributed by atoms with Crippen LogP contribution in [0.4, 0.5) is 8.78 Å². The van der Waals surface area contributed by atoms with Gasteiger partial charge >= 0.3 is 0 Å². The summed E-state index contributed by atoms with van der Waals surface area (Å²) in [6, 6.07) is 16.7. The molecule has 2 fully saturated rings. The van der Waals surface area contributed by atoms with E-state index in [1.54, 1.807) is 30.0 Å². The molecule has 4 heterocycles. The maximum Gasteiger partial charge on any atom is 0.257 e. The maximum atomic E-state index is 13.8. The molecule has 0 spiro atoms. The summed E-state index contributed by atoms with van der Waals surface area (Å²) in [4.78, 5) is 48.8. The average Bonchev–Trinajstić information content (AvgIpc) is 3.19. The number of aromatic nitrogens is 2. The Morgan fingerprint density at radius 3 is 1.67 bits per heavy atom. The number of carbonyl (C=O) groups is 3. The summed E-state index contributed by atoms with van der Waals surface area (Å²) in [6.07, 6.45) is 9.54. The van der Waals surface area contributed by atoms with Crippen LogP contribution in [0.15, 0.2) is 82.8 Å². The molecule has 0 saturated carbocycles. The van der Waals surface area contributed by atoms with Crippen LogP contribution in [0.2, 0.25) is 0 Å². The van der Waals surface area contributed by atoms with Crippen molar-refractivity contribution < 1.29 is 41.1 Å². The van der Waals surface area contributed by atoms with E-state index in [0.29, 0.717) is 37.4 Å². The van der Waals surface area contributed by atoms with E-state index in [0.717, 1.165) is 66.5 Å². The Labute approximate surface area is 339 Å². The highest BCUT2D eigenvalue weighted by Gasteiger charge is 2.27. The highest BCUT2D eigenvalue weighted by atomic mass is 32.2. The minimum atomic E-state index is -3.40. The minimum absolute atomic E-state index is 0.0112. The molecule has 2 aliphatic heterocycles. The summed E-state index contributed by atoms with van der Waals surface area (Å²) >= 11 is 3.12. The molecular weight excluding hydrogens is 799 g/mol. The standard InChI is InChI=1S/C21H24FN3O5S2.C18H20FN3O2S/c1-31-17-5-3-4-16(11-17)30-21-18(10-14(22)12-23-21)20(27)24-15-6-8-25(9-7-15)19(26)13-32(2,28)29;1-25-15-4-2-3-14(10-15)24-18-16(9-12(19)11-21-18)17(23)22-13-5-7-20-8-6-13/h3-5,10-12,15H,6-9,13H2,1-2H3,(H,24,27);2-4,9-11,13,20H,5-8H2,1H3,(H,22,23). The van der Waals surface area contributed by atoms with Gasteiger partial charge in [0.05, 0.1) is 12.4 Å². The summed E-state index contributed by atoms with van der Waals surface area (Å²) in [5.41, 5.74) is 0.0724. The van der Waals surface area contributed by atoms with E-state index in [4.69, 9.17) is 9.47 Å². The summed E-state index contributed by atoms with van der Waals surface area (Å²) in [7, 11) is -3.40. The molecule has 0 radical (unpaired) electrons. The third-order valence-corrected chi connectivity index (χ3v) is 11.1. The Balaban J connectivity index is 0.000000224. The normalized spacial score (nSPS) is 14.9. The number of hydrogen-bond donors (Lipinski definition) is 3. The van der Waals surface area contributed by atoms with E-state index in [-0.39, 0.29) is 40.9 Å². The number of sulfone groups is 1. The lowest BCUT2D eigenvalue weighted by atomic mass is 10.0. The molecule has 2 aromatic carbocycles. The second-order valence-electron chi connectivity index (χ2n) is 13.3. The van der Waals surface area contributed by atoms with Crippen LogP contribution in [-0.4, -0.2) is 104 Å². The van der Waals surface area contributed by atoms with Crippen LogP contribution in [0.3, 0.4) is 0 Å². The first-order valence-corrected chi connectivity index (χ1v) is 22.5. The molecule has 304 valence electrons. The Hall–Kier alpha value is -4.78. The fourth-order valence-electron chi connectivity index (χ4n) is 5.98. The molecule has 6 rings (SSSR count). The fraction of sp³-hybridized carbons (Fsp3) is 0.359. The van der Waals surface area contributed by atoms with Crippen LogP contribution in [0.25, 0.3) is 0 Å². The van der Waals surface area contributed by atoms with Gasteiger partial charge in [0.25, 0.3) is 11.8 Å². The second kappa shape index (κ2) is 20.6. The van der Waals surface area contributed by atoms with Crippen molar-refractivity contribution >= 4 is 51.1 Å². The van der Waals surface area contributed by atoms with Crippen LogP contribution in [-0.2, 0) is 14.6 Å². The molecule has 3 amide bonds. The zero-order valence-corrected chi connectivity index (χ0v) is 34.1. The maximum absolute atomic E-state index is 13.8. The molecular formula is C39H44F2N6O7S3. The van der Waals surface area contributed by atoms with Gasteiger partial charge in [0.2, 0.25) is 17.7 Å². The number of nitrogens with zero attached hydrogens (tertiary/aromatic N) is 3. The first-order chi connectivity index (χ1) is 27.3. The Morgan fingerprint density at radius 1 is 0.772 bits per heavy atom. The molecule has 0 bridgehead atoms. The first-order valence-electron chi connectivity index (χ1n) is 18.0. The quantitative estimate of drug-likeness (QED) is 0.149. The van der Waals surface area contributed by atoms with Gasteiger partial charge < -0.3 is 30.3 Å². The summed E-state index contributed by atoms with van der Waals surface area (Å²) < 4.78 is 61.6. The Bertz CT molecular complexity index is 2150. The number of halogens is 2. The zero-order valence-electron chi connectivity index (χ0n) is 31.6. The number of piperidine rings is 2. The van der Waals surface area contributed by atoms with Crippen LogP contribution in [0.5, 0.6) is 23.3 Å². The average molecular weight is 843 g/mol. The van der Waals surface area contributed by atoms with Crippen LogP contribution in [0.1, 0.15) is 46.4 Å². The third-order valence-electron chi connectivity index (χ3n) is 8.88. The van der Waals surface area contributed by atoms with Gasteiger partial charge in [-0.05, 0) is 99.8 Å². The van der Waals surface area contributed by atoms with Crippen molar-refractivity contribution in [3.8, 4) is 23.3 Å². The molecule has 0 unspecified atom stereocenters. The number of benzene rings is 2. The zero-order chi connectivity index (χ0) is 41.0. The van der Waals surface area contributed by atoms with Gasteiger partial charge in [-0.15, -0.1) is 23.5 Å². The predicted molar refractivity (Wildman–Crippen MR) is 215 cm³/mol. The predicted octanol–water partition coefficient (Wildman–Crippen LogP) is 5.72. The number of nitrogens with one attached hydrogen (secondary N) is 3. The van der Waals surface area contributed by atoms with Gasteiger partial charge in [0.1, 0.15) is 40.0 Å². The number of hydrogen-bond acceptors (Lipinski definition) is 12. The van der Waals surface area contributed by atoms with Crippen molar-refractivity contribution in [3.05, 3.63) is 95.8 Å². The lowest BCUT2D eigenvalue weighted by Crippen LogP contribution is -2.47. The van der Waals surface area contributed by atoms with E-state index < -0.39 is 39.0 Å². The minimum Gasteiger partial charge on any atom is -0.438 e. The number of rotatable bonds is 12. The molecule has 2 aliphatic rings. The van der Waals surface area contributed by atoms with Gasteiger partial charge in [-0.25, -0.2) is 27.2 Å². The van der Waals surface area contributed by atoms with E-state index >= 15 is 0 Å². The van der Waals surface area contributed by atoms with E-state index in [9.17, 15) is 31.6 Å². The largest absolute Gasteiger partial charge is 0.438 e. The monoisotopic (exact) mass is 842 g/mol. The molecule has 57 heavy (non-hydrogen) atoms. The molecule has 2 saturated heterocycles. The number of amides is 3. The van der Waals surface area contributed by atoms with Gasteiger partial charge in [0.15, 0.2) is 9.84 Å². The second-order valence-corrected chi connectivity index (χ2v) is 17.2. The third kappa shape index (κ3) is 13.4. The first kappa shape index (κ1) is 43.3. The summed E-state index contributed by atoms with van der Waals surface area (Å²) in [5.74, 6) is -1.99. The van der Waals surface area contributed by atoms with Gasteiger partial charge in [-0.2, -0.15) is 0 Å². The van der Waals surface area contributed by atoms with Crippen molar-refractivity contribution in [1.29, 1.82) is 0 Å². The SMILES string of the molecule is CSc1cccc(Oc2ncc(F)cc2C(=O)NC2CCN(C(=O)CS(C)(=O)=O)CC2)c1.CSc1cccc(Oc2ncc(F)cc2C(=O)NC2CCNCC2)c1. The van der Waals surface area contributed by atoms with Crippen molar-refractivity contribution in [2.75, 3.05) is 50.7 Å². The number of likely N-dealkylation sites (tertiary alicyclic amines) is 1. The number of pyridine rings is 2. The van der Waals surface area contributed by atoms with Crippen LogP contribution in [0, 0.1) is 11.6 Å². The summed E-state index contributed by atoms with van der Waals surface area (Å²) in [5, 5.41) is 9.02. The number of ether oxygens (including phenoxy) is 2. The lowest BCUT2D eigenvalue weighted by molar-refractivity contribution is -0.129. The highest BCUT2D eigenvalue weighted by Crippen LogP contribution is 2.29. The van der Waals surface area contributed by atoms with Crippen LogP contribution >= 0.6 is 23.5 Å².